The standard InChI is InChI=1S/C43H46N8O/c1-31(2)28-50(29-32(3)4)40-26-25-33(27-39(40)46-42(52)45-30-44-5)37-23-15-16-24-38(37)41-47-49-51(48-41)43(34-17-9-6-10-18-34,35-19-11-7-12-20-35)36-21-13-8-14-22-36/h6-27,31-32H,5,28-30H2,1-4H3,(H2,45,46,52). The third-order valence-electron chi connectivity index (χ3n) is 8.88. The number of benzene rings is 5. The SMILES string of the molecule is C=NCNC(=O)Nc1cc(-c2ccccc2-c2nnn(C(c3ccccc3)(c3ccccc3)c3ccccc3)n2)ccc1N(CC(C)C)CC(C)C. The largest absolute Gasteiger partial charge is 0.369 e. The quantitative estimate of drug-likeness (QED) is 0.0880. The van der Waals surface area contributed by atoms with Crippen LogP contribution in [0.4, 0.5) is 16.2 Å². The fraction of sp³-hybridized carbons (Fsp3) is 0.233. The third-order valence-corrected chi connectivity index (χ3v) is 8.88. The molecule has 9 nitrogen and oxygen atoms in total. The Labute approximate surface area is 306 Å². The summed E-state index contributed by atoms with van der Waals surface area (Å²) in [5, 5.41) is 20.5. The molecule has 9 heteroatoms. The van der Waals surface area contributed by atoms with Gasteiger partial charge in [-0.3, -0.25) is 4.99 Å². The van der Waals surface area contributed by atoms with Gasteiger partial charge in [-0.1, -0.05) is 149 Å². The first-order valence-corrected chi connectivity index (χ1v) is 17.7. The fourth-order valence-electron chi connectivity index (χ4n) is 6.81. The number of carbonyl (C=O) groups excluding carboxylic acids is 1. The van der Waals surface area contributed by atoms with Crippen molar-refractivity contribution < 1.29 is 4.79 Å². The predicted molar refractivity (Wildman–Crippen MR) is 212 cm³/mol. The fourth-order valence-corrected chi connectivity index (χ4v) is 6.81. The van der Waals surface area contributed by atoms with Crippen LogP contribution in [0, 0.1) is 11.8 Å². The minimum absolute atomic E-state index is 0.114. The number of tetrazole rings is 1. The molecule has 5 aromatic carbocycles. The van der Waals surface area contributed by atoms with Crippen LogP contribution >= 0.6 is 0 Å². The summed E-state index contributed by atoms with van der Waals surface area (Å²) in [5.41, 5.74) is 6.41. The van der Waals surface area contributed by atoms with E-state index >= 15 is 0 Å². The van der Waals surface area contributed by atoms with E-state index in [-0.39, 0.29) is 12.7 Å². The van der Waals surface area contributed by atoms with Crippen molar-refractivity contribution in [3.05, 3.63) is 150 Å². The summed E-state index contributed by atoms with van der Waals surface area (Å²) in [4.78, 5) is 20.9. The summed E-state index contributed by atoms with van der Waals surface area (Å²) in [6, 6.07) is 44.8. The van der Waals surface area contributed by atoms with Gasteiger partial charge in [0, 0.05) is 18.7 Å². The number of urea groups is 1. The lowest BCUT2D eigenvalue weighted by molar-refractivity contribution is 0.252. The molecular weight excluding hydrogens is 645 g/mol. The zero-order chi connectivity index (χ0) is 36.5. The van der Waals surface area contributed by atoms with Gasteiger partial charge in [0.1, 0.15) is 6.67 Å². The molecule has 6 aromatic rings. The highest BCUT2D eigenvalue weighted by molar-refractivity contribution is 5.95. The number of carbonyl (C=O) groups is 1. The van der Waals surface area contributed by atoms with Gasteiger partial charge in [-0.25, -0.2) is 4.79 Å². The Morgan fingerprint density at radius 3 is 1.79 bits per heavy atom. The number of nitrogens with zero attached hydrogens (tertiary/aromatic N) is 6. The van der Waals surface area contributed by atoms with Crippen LogP contribution < -0.4 is 15.5 Å². The topological polar surface area (TPSA) is 100 Å². The number of anilines is 2. The molecule has 0 atom stereocenters. The number of aliphatic imine (C=N–C) groups is 1. The molecule has 2 amide bonds. The highest BCUT2D eigenvalue weighted by Crippen LogP contribution is 2.41. The zero-order valence-electron chi connectivity index (χ0n) is 30.3. The average Bonchev–Trinajstić information content (AvgIpc) is 3.65. The average molecular weight is 691 g/mol. The summed E-state index contributed by atoms with van der Waals surface area (Å²) >= 11 is 0. The maximum atomic E-state index is 13.0. The summed E-state index contributed by atoms with van der Waals surface area (Å²) in [7, 11) is 0. The van der Waals surface area contributed by atoms with Crippen LogP contribution in [-0.4, -0.2) is 52.7 Å². The molecule has 0 saturated carbocycles. The van der Waals surface area contributed by atoms with Crippen molar-refractivity contribution in [2.24, 2.45) is 16.8 Å². The second-order valence-corrected chi connectivity index (χ2v) is 13.7. The molecule has 0 bridgehead atoms. The summed E-state index contributed by atoms with van der Waals surface area (Å²) in [5.74, 6) is 1.33. The van der Waals surface area contributed by atoms with Crippen molar-refractivity contribution in [1.29, 1.82) is 0 Å². The lowest BCUT2D eigenvalue weighted by Gasteiger charge is -2.34. The van der Waals surface area contributed by atoms with Crippen LogP contribution in [0.2, 0.25) is 0 Å². The first kappa shape index (κ1) is 35.7. The molecule has 0 radical (unpaired) electrons. The Morgan fingerprint density at radius 2 is 1.27 bits per heavy atom. The number of rotatable bonds is 14. The van der Waals surface area contributed by atoms with Gasteiger partial charge in [0.15, 0.2) is 5.54 Å². The minimum atomic E-state index is -0.896. The van der Waals surface area contributed by atoms with Gasteiger partial charge in [-0.15, -0.1) is 15.0 Å². The van der Waals surface area contributed by atoms with Gasteiger partial charge in [-0.05, 0) is 63.7 Å². The number of amides is 2. The smallest absolute Gasteiger partial charge is 0.320 e. The number of hydrogen-bond acceptors (Lipinski definition) is 6. The number of aromatic nitrogens is 4. The molecule has 0 unspecified atom stereocenters. The lowest BCUT2D eigenvalue weighted by atomic mass is 9.77. The van der Waals surface area contributed by atoms with E-state index in [1.165, 1.54) is 0 Å². The van der Waals surface area contributed by atoms with E-state index in [0.717, 1.165) is 52.2 Å². The Bertz CT molecular complexity index is 1970. The predicted octanol–water partition coefficient (Wildman–Crippen LogP) is 8.75. The highest BCUT2D eigenvalue weighted by atomic mass is 16.2. The molecule has 264 valence electrons. The van der Waals surface area contributed by atoms with Crippen LogP contribution in [0.3, 0.4) is 0 Å². The van der Waals surface area contributed by atoms with E-state index in [2.05, 4.69) is 110 Å². The summed E-state index contributed by atoms with van der Waals surface area (Å²) in [6.45, 7) is 14.1. The maximum absolute atomic E-state index is 13.0. The van der Waals surface area contributed by atoms with Gasteiger partial charge in [0.2, 0.25) is 5.82 Å². The van der Waals surface area contributed by atoms with Crippen molar-refractivity contribution in [1.82, 2.24) is 25.5 Å². The van der Waals surface area contributed by atoms with Crippen molar-refractivity contribution in [2.45, 2.75) is 33.2 Å². The Hall–Kier alpha value is -6.09. The Balaban J connectivity index is 1.49. The lowest BCUT2D eigenvalue weighted by Crippen LogP contribution is -2.39. The minimum Gasteiger partial charge on any atom is -0.369 e. The van der Waals surface area contributed by atoms with Gasteiger partial charge >= 0.3 is 6.03 Å². The third kappa shape index (κ3) is 7.63. The monoisotopic (exact) mass is 690 g/mol. The van der Waals surface area contributed by atoms with Gasteiger partial charge in [0.25, 0.3) is 0 Å². The summed E-state index contributed by atoms with van der Waals surface area (Å²) < 4.78 is 0. The van der Waals surface area contributed by atoms with Crippen LogP contribution in [0.15, 0.2) is 138 Å². The van der Waals surface area contributed by atoms with Crippen LogP contribution in [0.25, 0.3) is 22.5 Å². The van der Waals surface area contributed by atoms with E-state index in [4.69, 9.17) is 15.4 Å². The second-order valence-electron chi connectivity index (χ2n) is 13.7. The van der Waals surface area contributed by atoms with E-state index < -0.39 is 5.54 Å². The van der Waals surface area contributed by atoms with Gasteiger partial charge < -0.3 is 15.5 Å². The van der Waals surface area contributed by atoms with E-state index in [1.807, 2.05) is 78.9 Å². The van der Waals surface area contributed by atoms with E-state index in [9.17, 15) is 4.79 Å². The molecule has 0 aliphatic rings. The molecule has 0 fully saturated rings. The van der Waals surface area contributed by atoms with Crippen molar-refractivity contribution >= 4 is 24.1 Å². The molecule has 0 aliphatic heterocycles. The Kier molecular flexibility index (Phi) is 11.2. The Morgan fingerprint density at radius 1 is 0.750 bits per heavy atom. The van der Waals surface area contributed by atoms with E-state index in [0.29, 0.717) is 23.3 Å². The van der Waals surface area contributed by atoms with Crippen molar-refractivity contribution in [3.8, 4) is 22.5 Å². The normalized spacial score (nSPS) is 11.4. The molecule has 0 spiro atoms. The van der Waals surface area contributed by atoms with Crippen molar-refractivity contribution in [2.75, 3.05) is 30.0 Å². The molecule has 52 heavy (non-hydrogen) atoms. The second kappa shape index (κ2) is 16.3. The molecule has 1 heterocycles. The van der Waals surface area contributed by atoms with Gasteiger partial charge in [0.05, 0.1) is 11.4 Å². The van der Waals surface area contributed by atoms with Crippen LogP contribution in [-0.2, 0) is 5.54 Å². The molecule has 0 saturated heterocycles. The molecule has 0 aliphatic carbocycles. The van der Waals surface area contributed by atoms with E-state index in [1.54, 1.807) is 4.80 Å². The van der Waals surface area contributed by atoms with Crippen LogP contribution in [0.1, 0.15) is 44.4 Å². The van der Waals surface area contributed by atoms with Crippen molar-refractivity contribution in [3.63, 3.8) is 0 Å². The maximum Gasteiger partial charge on any atom is 0.320 e. The zero-order valence-corrected chi connectivity index (χ0v) is 30.3. The molecular formula is C43H46N8O. The van der Waals surface area contributed by atoms with Gasteiger partial charge in [-0.2, -0.15) is 0 Å². The molecule has 6 rings (SSSR count). The first-order chi connectivity index (χ1) is 25.3. The molecule has 1 aromatic heterocycles. The molecule has 2 N–H and O–H groups in total. The van der Waals surface area contributed by atoms with Crippen LogP contribution in [0.5, 0.6) is 0 Å². The number of hydrogen-bond donors (Lipinski definition) is 2. The summed E-state index contributed by atoms with van der Waals surface area (Å²) in [6.07, 6.45) is 0. The first-order valence-electron chi connectivity index (χ1n) is 17.7. The highest BCUT2D eigenvalue weighted by Gasteiger charge is 2.41. The number of nitrogens with one attached hydrogen (secondary N) is 2.